The first-order valence-corrected chi connectivity index (χ1v) is 12.5. The van der Waals surface area contributed by atoms with E-state index in [2.05, 4.69) is 19.1 Å². The van der Waals surface area contributed by atoms with E-state index < -0.39 is 12.0 Å². The first-order valence-electron chi connectivity index (χ1n) is 12.5. The minimum atomic E-state index is -0.760. The number of unbranched alkanes of at least 4 members (excludes halogenated alkanes) is 12. The Balaban J connectivity index is 3.41. The summed E-state index contributed by atoms with van der Waals surface area (Å²) in [7, 11) is 3.60. The second kappa shape index (κ2) is 21.1. The van der Waals surface area contributed by atoms with E-state index >= 15 is 0 Å². The van der Waals surface area contributed by atoms with Crippen LogP contribution in [0.4, 0.5) is 0 Å². The zero-order valence-corrected chi connectivity index (χ0v) is 20.2. The maximum absolute atomic E-state index is 12.0. The van der Waals surface area contributed by atoms with Crippen molar-refractivity contribution in [3.63, 3.8) is 0 Å². The molecule has 0 aliphatic carbocycles. The van der Waals surface area contributed by atoms with Gasteiger partial charge in [-0.2, -0.15) is 0 Å². The standard InChI is InChI=1S/C26H49NO3/c1-4-5-6-7-8-9-10-11-12-13-14-15-16-18-21-24(28)22-19-17-20-23-25(26(29)30)27(2)3/h11-12,25H,4-10,13-23H2,1-3H3,(H,29,30)/b12-11-. The molecule has 0 rings (SSSR count). The van der Waals surface area contributed by atoms with Gasteiger partial charge in [-0.3, -0.25) is 14.5 Å². The van der Waals surface area contributed by atoms with E-state index in [0.29, 0.717) is 25.0 Å². The zero-order valence-electron chi connectivity index (χ0n) is 20.2. The Hall–Kier alpha value is -1.16. The fourth-order valence-electron chi connectivity index (χ4n) is 3.78. The Labute approximate surface area is 186 Å². The van der Waals surface area contributed by atoms with E-state index in [9.17, 15) is 9.59 Å². The highest BCUT2D eigenvalue weighted by molar-refractivity contribution is 5.78. The van der Waals surface area contributed by atoms with E-state index in [0.717, 1.165) is 32.1 Å². The molecule has 0 saturated carbocycles. The first-order chi connectivity index (χ1) is 14.5. The number of hydrogen-bond donors (Lipinski definition) is 1. The van der Waals surface area contributed by atoms with Gasteiger partial charge in [-0.25, -0.2) is 0 Å². The van der Waals surface area contributed by atoms with Crippen LogP contribution >= 0.6 is 0 Å². The largest absolute Gasteiger partial charge is 0.480 e. The van der Waals surface area contributed by atoms with Gasteiger partial charge < -0.3 is 5.11 Å². The van der Waals surface area contributed by atoms with Crippen LogP contribution in [0.1, 0.15) is 122 Å². The van der Waals surface area contributed by atoms with Crippen molar-refractivity contribution in [1.29, 1.82) is 0 Å². The lowest BCUT2D eigenvalue weighted by molar-refractivity contribution is -0.142. The van der Waals surface area contributed by atoms with Crippen molar-refractivity contribution in [1.82, 2.24) is 4.90 Å². The molecule has 176 valence electrons. The molecular formula is C26H49NO3. The second-order valence-corrected chi connectivity index (χ2v) is 8.94. The van der Waals surface area contributed by atoms with E-state index in [4.69, 9.17) is 5.11 Å². The van der Waals surface area contributed by atoms with Crippen LogP contribution in [0.5, 0.6) is 0 Å². The number of Topliss-reactive ketones (excluding diaryl/α,β-unsaturated/α-hetero) is 1. The number of carbonyl (C=O) groups excluding carboxylic acids is 1. The molecule has 1 atom stereocenters. The number of carbonyl (C=O) groups is 2. The third kappa shape index (κ3) is 18.8. The highest BCUT2D eigenvalue weighted by atomic mass is 16.4. The third-order valence-electron chi connectivity index (χ3n) is 5.81. The Morgan fingerprint density at radius 2 is 1.20 bits per heavy atom. The first kappa shape index (κ1) is 28.8. The van der Waals surface area contributed by atoms with Crippen LogP contribution in [0, 0.1) is 0 Å². The molecule has 0 aromatic carbocycles. The number of hydrogen-bond acceptors (Lipinski definition) is 3. The van der Waals surface area contributed by atoms with Crippen molar-refractivity contribution in [3.05, 3.63) is 12.2 Å². The zero-order chi connectivity index (χ0) is 22.5. The Morgan fingerprint density at radius 1 is 0.733 bits per heavy atom. The van der Waals surface area contributed by atoms with Crippen molar-refractivity contribution >= 4 is 11.8 Å². The molecule has 0 fully saturated rings. The average molecular weight is 424 g/mol. The topological polar surface area (TPSA) is 57.6 Å². The van der Waals surface area contributed by atoms with Crippen LogP contribution in [0.15, 0.2) is 12.2 Å². The van der Waals surface area contributed by atoms with Gasteiger partial charge in [0.2, 0.25) is 0 Å². The lowest BCUT2D eigenvalue weighted by Crippen LogP contribution is -2.35. The van der Waals surface area contributed by atoms with Gasteiger partial charge in [0.25, 0.3) is 0 Å². The number of carboxylic acids is 1. The number of aliphatic carboxylic acids is 1. The average Bonchev–Trinajstić information content (AvgIpc) is 2.70. The fraction of sp³-hybridized carbons (Fsp3) is 0.846. The number of nitrogens with zero attached hydrogens (tertiary/aromatic N) is 1. The molecular weight excluding hydrogens is 374 g/mol. The van der Waals surface area contributed by atoms with Gasteiger partial charge in [-0.1, -0.05) is 76.9 Å². The van der Waals surface area contributed by atoms with Crippen LogP contribution in [-0.2, 0) is 9.59 Å². The molecule has 0 aliphatic rings. The lowest BCUT2D eigenvalue weighted by Gasteiger charge is -2.19. The summed E-state index contributed by atoms with van der Waals surface area (Å²) < 4.78 is 0. The number of rotatable bonds is 22. The van der Waals surface area contributed by atoms with Crippen LogP contribution in [0.25, 0.3) is 0 Å². The summed E-state index contributed by atoms with van der Waals surface area (Å²) in [5.74, 6) is -0.388. The number of carboxylic acid groups (broad SMARTS) is 1. The smallest absolute Gasteiger partial charge is 0.320 e. The molecule has 0 heterocycles. The molecule has 4 nitrogen and oxygen atoms in total. The fourth-order valence-corrected chi connectivity index (χ4v) is 3.78. The predicted octanol–water partition coefficient (Wildman–Crippen LogP) is 7.17. The molecule has 0 amide bonds. The third-order valence-corrected chi connectivity index (χ3v) is 5.81. The summed E-state index contributed by atoms with van der Waals surface area (Å²) in [6.07, 6.45) is 24.6. The minimum absolute atomic E-state index is 0.372. The molecule has 1 unspecified atom stereocenters. The van der Waals surface area contributed by atoms with Crippen LogP contribution in [-0.4, -0.2) is 41.9 Å². The number of allylic oxidation sites excluding steroid dienone is 2. The molecule has 0 aliphatic heterocycles. The van der Waals surface area contributed by atoms with Crippen molar-refractivity contribution < 1.29 is 14.7 Å². The van der Waals surface area contributed by atoms with Gasteiger partial charge in [0.05, 0.1) is 0 Å². The second-order valence-electron chi connectivity index (χ2n) is 8.94. The summed E-state index contributed by atoms with van der Waals surface area (Å²) in [6, 6.07) is -0.411. The van der Waals surface area contributed by atoms with Crippen molar-refractivity contribution in [2.45, 2.75) is 129 Å². The quantitative estimate of drug-likeness (QED) is 0.148. The SMILES string of the molecule is CCCCCCCC/C=C\CCCCCCC(=O)CCCCCC(C(=O)O)N(C)C. The summed E-state index contributed by atoms with van der Waals surface area (Å²) in [6.45, 7) is 2.26. The van der Waals surface area contributed by atoms with E-state index in [1.165, 1.54) is 64.2 Å². The summed E-state index contributed by atoms with van der Waals surface area (Å²) in [5, 5.41) is 9.14. The highest BCUT2D eigenvalue weighted by Gasteiger charge is 2.18. The highest BCUT2D eigenvalue weighted by Crippen LogP contribution is 2.13. The van der Waals surface area contributed by atoms with Crippen molar-refractivity contribution in [2.24, 2.45) is 0 Å². The van der Waals surface area contributed by atoms with E-state index in [-0.39, 0.29) is 0 Å². The Morgan fingerprint density at radius 3 is 1.70 bits per heavy atom. The predicted molar refractivity (Wildman–Crippen MR) is 128 cm³/mol. The summed E-state index contributed by atoms with van der Waals surface area (Å²) in [5.41, 5.74) is 0. The molecule has 4 heteroatoms. The lowest BCUT2D eigenvalue weighted by atomic mass is 10.0. The van der Waals surface area contributed by atoms with Gasteiger partial charge in [-0.05, 0) is 59.0 Å². The number of likely N-dealkylation sites (N-methyl/N-ethyl adjacent to an activating group) is 1. The van der Waals surface area contributed by atoms with Crippen LogP contribution < -0.4 is 0 Å². The minimum Gasteiger partial charge on any atom is -0.480 e. The van der Waals surface area contributed by atoms with Gasteiger partial charge in [0.1, 0.15) is 11.8 Å². The Bertz CT molecular complexity index is 446. The van der Waals surface area contributed by atoms with Crippen molar-refractivity contribution in [3.8, 4) is 0 Å². The van der Waals surface area contributed by atoms with Crippen LogP contribution in [0.3, 0.4) is 0 Å². The maximum atomic E-state index is 12.0. The van der Waals surface area contributed by atoms with Gasteiger partial charge >= 0.3 is 5.97 Å². The molecule has 0 saturated heterocycles. The van der Waals surface area contributed by atoms with Crippen molar-refractivity contribution in [2.75, 3.05) is 14.1 Å². The van der Waals surface area contributed by atoms with Gasteiger partial charge in [-0.15, -0.1) is 0 Å². The number of ketones is 1. The van der Waals surface area contributed by atoms with Gasteiger partial charge in [0, 0.05) is 12.8 Å². The molecule has 30 heavy (non-hydrogen) atoms. The molecule has 0 spiro atoms. The van der Waals surface area contributed by atoms with E-state index in [1.54, 1.807) is 19.0 Å². The molecule has 0 radical (unpaired) electrons. The Kier molecular flexibility index (Phi) is 20.3. The molecule has 1 N–H and O–H groups in total. The van der Waals surface area contributed by atoms with Crippen LogP contribution in [0.2, 0.25) is 0 Å². The maximum Gasteiger partial charge on any atom is 0.320 e. The normalized spacial score (nSPS) is 12.7. The molecule has 0 aromatic heterocycles. The van der Waals surface area contributed by atoms with E-state index in [1.807, 2.05) is 0 Å². The molecule has 0 bridgehead atoms. The summed E-state index contributed by atoms with van der Waals surface area (Å²) >= 11 is 0. The molecule has 0 aromatic rings. The monoisotopic (exact) mass is 423 g/mol. The van der Waals surface area contributed by atoms with Gasteiger partial charge in [0.15, 0.2) is 0 Å². The summed E-state index contributed by atoms with van der Waals surface area (Å²) in [4.78, 5) is 24.8.